The highest BCUT2D eigenvalue weighted by atomic mass is 16.5. The number of hydrogen-bond acceptors (Lipinski definition) is 4. The Hall–Kier alpha value is -3.19. The fourth-order valence-electron chi connectivity index (χ4n) is 4.11. The van der Waals surface area contributed by atoms with Gasteiger partial charge in [-0.15, -0.1) is 0 Å². The summed E-state index contributed by atoms with van der Waals surface area (Å²) in [4.78, 5) is 32.4. The first kappa shape index (κ1) is 20.1. The Bertz CT molecular complexity index is 1080. The molecule has 1 unspecified atom stereocenters. The molecular weight excluding hydrogens is 380 g/mol. The zero-order valence-corrected chi connectivity index (χ0v) is 17.5. The van der Waals surface area contributed by atoms with Crippen molar-refractivity contribution in [1.29, 1.82) is 0 Å². The number of fused-ring (bicyclic) bond motifs is 3. The number of anilines is 2. The van der Waals surface area contributed by atoms with Crippen molar-refractivity contribution in [2.75, 3.05) is 30.5 Å². The molecule has 0 spiro atoms. The third-order valence-corrected chi connectivity index (χ3v) is 5.30. The van der Waals surface area contributed by atoms with Gasteiger partial charge < -0.3 is 10.1 Å². The van der Waals surface area contributed by atoms with E-state index in [1.165, 1.54) is 0 Å². The summed E-state index contributed by atoms with van der Waals surface area (Å²) in [5.41, 5.74) is 4.58. The first-order chi connectivity index (χ1) is 14.5. The smallest absolute Gasteiger partial charge is 0.253 e. The number of aromatic nitrogens is 2. The summed E-state index contributed by atoms with van der Waals surface area (Å²) in [6, 6.07) is 13.0. The lowest BCUT2D eigenvalue weighted by atomic mass is 10.1. The third kappa shape index (κ3) is 3.80. The van der Waals surface area contributed by atoms with Crippen molar-refractivity contribution in [1.82, 2.24) is 9.55 Å². The van der Waals surface area contributed by atoms with Crippen LogP contribution in [-0.4, -0.2) is 41.6 Å². The molecule has 0 radical (unpaired) electrons. The Morgan fingerprint density at radius 2 is 1.90 bits per heavy atom. The summed E-state index contributed by atoms with van der Waals surface area (Å²) in [6.07, 6.45) is 0.757. The molecule has 7 heteroatoms. The van der Waals surface area contributed by atoms with Gasteiger partial charge in [0.25, 0.3) is 5.91 Å². The van der Waals surface area contributed by atoms with Crippen LogP contribution < -0.4 is 10.2 Å². The SMILES string of the molecule is COCCCN1C(=O)C(CC(=O)Nc2cc(C)cc(C)c2)n2c1nc1ccccc12. The van der Waals surface area contributed by atoms with Gasteiger partial charge in [0.1, 0.15) is 6.04 Å². The summed E-state index contributed by atoms with van der Waals surface area (Å²) in [6.45, 7) is 5.04. The van der Waals surface area contributed by atoms with E-state index in [0.29, 0.717) is 25.5 Å². The second-order valence-electron chi connectivity index (χ2n) is 7.75. The van der Waals surface area contributed by atoms with Gasteiger partial charge in [0.2, 0.25) is 11.9 Å². The first-order valence-corrected chi connectivity index (χ1v) is 10.1. The molecule has 7 nitrogen and oxygen atoms in total. The van der Waals surface area contributed by atoms with E-state index >= 15 is 0 Å². The monoisotopic (exact) mass is 406 g/mol. The summed E-state index contributed by atoms with van der Waals surface area (Å²) in [7, 11) is 1.64. The lowest BCUT2D eigenvalue weighted by Crippen LogP contribution is -2.32. The zero-order chi connectivity index (χ0) is 21.3. The van der Waals surface area contributed by atoms with E-state index in [2.05, 4.69) is 16.4 Å². The van der Waals surface area contributed by atoms with Crippen molar-refractivity contribution < 1.29 is 14.3 Å². The Morgan fingerprint density at radius 1 is 1.17 bits per heavy atom. The van der Waals surface area contributed by atoms with Crippen LogP contribution in [0, 0.1) is 13.8 Å². The molecule has 1 aliphatic rings. The lowest BCUT2D eigenvalue weighted by Gasteiger charge is -2.16. The summed E-state index contributed by atoms with van der Waals surface area (Å²) in [5, 5.41) is 2.95. The highest BCUT2D eigenvalue weighted by Crippen LogP contribution is 2.36. The molecule has 0 fully saturated rings. The predicted molar refractivity (Wildman–Crippen MR) is 117 cm³/mol. The van der Waals surface area contributed by atoms with Gasteiger partial charge in [0.05, 0.1) is 17.5 Å². The molecule has 2 aromatic carbocycles. The number of hydrogen-bond donors (Lipinski definition) is 1. The molecule has 0 saturated carbocycles. The van der Waals surface area contributed by atoms with E-state index in [1.807, 2.05) is 54.8 Å². The van der Waals surface area contributed by atoms with E-state index in [1.54, 1.807) is 12.0 Å². The van der Waals surface area contributed by atoms with Crippen molar-refractivity contribution in [3.05, 3.63) is 53.6 Å². The van der Waals surface area contributed by atoms with Gasteiger partial charge in [-0.3, -0.25) is 19.1 Å². The molecule has 1 aromatic heterocycles. The number of benzene rings is 2. The van der Waals surface area contributed by atoms with Gasteiger partial charge in [-0.1, -0.05) is 18.2 Å². The average molecular weight is 406 g/mol. The van der Waals surface area contributed by atoms with Crippen LogP contribution in [0.1, 0.15) is 30.0 Å². The number of amides is 2. The quantitative estimate of drug-likeness (QED) is 0.608. The van der Waals surface area contributed by atoms with Crippen molar-refractivity contribution >= 4 is 34.5 Å². The van der Waals surface area contributed by atoms with Crippen LogP contribution >= 0.6 is 0 Å². The molecule has 0 aliphatic carbocycles. The number of aryl methyl sites for hydroxylation is 2. The standard InChI is InChI=1S/C23H26N4O3/c1-15-11-16(2)13-17(12-15)24-21(28)14-20-22(29)26(9-6-10-30-3)23-25-18-7-4-5-8-19(18)27(20)23/h4-5,7-8,11-13,20H,6,9-10,14H2,1-3H3,(H,24,28). The molecule has 30 heavy (non-hydrogen) atoms. The molecule has 3 aromatic rings. The van der Waals surface area contributed by atoms with E-state index < -0.39 is 6.04 Å². The van der Waals surface area contributed by atoms with Crippen LogP contribution in [-0.2, 0) is 14.3 Å². The zero-order valence-electron chi connectivity index (χ0n) is 17.5. The molecular formula is C23H26N4O3. The summed E-state index contributed by atoms with van der Waals surface area (Å²) < 4.78 is 7.03. The van der Waals surface area contributed by atoms with Crippen LogP contribution in [0.4, 0.5) is 11.6 Å². The van der Waals surface area contributed by atoms with Crippen LogP contribution in [0.3, 0.4) is 0 Å². The minimum atomic E-state index is -0.610. The van der Waals surface area contributed by atoms with Crippen molar-refractivity contribution in [3.8, 4) is 0 Å². The Kier molecular flexibility index (Phi) is 5.55. The van der Waals surface area contributed by atoms with E-state index in [-0.39, 0.29) is 18.2 Å². The Morgan fingerprint density at radius 3 is 2.63 bits per heavy atom. The number of carbonyl (C=O) groups is 2. The number of nitrogens with zero attached hydrogens (tertiary/aromatic N) is 3. The van der Waals surface area contributed by atoms with Gasteiger partial charge >= 0.3 is 0 Å². The van der Waals surface area contributed by atoms with Crippen LogP contribution in [0.5, 0.6) is 0 Å². The maximum absolute atomic E-state index is 13.2. The van der Waals surface area contributed by atoms with Gasteiger partial charge in [-0.2, -0.15) is 0 Å². The first-order valence-electron chi connectivity index (χ1n) is 10.1. The van der Waals surface area contributed by atoms with Crippen molar-refractivity contribution in [2.45, 2.75) is 32.7 Å². The van der Waals surface area contributed by atoms with Gasteiger partial charge in [0.15, 0.2) is 0 Å². The fourth-order valence-corrected chi connectivity index (χ4v) is 4.11. The maximum atomic E-state index is 13.2. The van der Waals surface area contributed by atoms with Crippen molar-refractivity contribution in [3.63, 3.8) is 0 Å². The number of methoxy groups -OCH3 is 1. The normalized spacial score (nSPS) is 15.6. The number of rotatable bonds is 7. The molecule has 1 aliphatic heterocycles. The van der Waals surface area contributed by atoms with Crippen LogP contribution in [0.25, 0.3) is 11.0 Å². The van der Waals surface area contributed by atoms with Crippen molar-refractivity contribution in [2.24, 2.45) is 0 Å². The van der Waals surface area contributed by atoms with Gasteiger partial charge in [-0.25, -0.2) is 4.98 Å². The highest BCUT2D eigenvalue weighted by Gasteiger charge is 2.40. The highest BCUT2D eigenvalue weighted by molar-refractivity contribution is 6.05. The predicted octanol–water partition coefficient (Wildman–Crippen LogP) is 3.61. The van der Waals surface area contributed by atoms with Gasteiger partial charge in [-0.05, 0) is 55.7 Å². The molecule has 4 rings (SSSR count). The second kappa shape index (κ2) is 8.28. The number of nitrogens with one attached hydrogen (secondary N) is 1. The summed E-state index contributed by atoms with van der Waals surface area (Å²) >= 11 is 0. The second-order valence-corrected chi connectivity index (χ2v) is 7.75. The lowest BCUT2D eigenvalue weighted by molar-refractivity contribution is -0.124. The number of carbonyl (C=O) groups excluding carboxylic acids is 2. The molecule has 2 amide bonds. The minimum absolute atomic E-state index is 0.0555. The van der Waals surface area contributed by atoms with E-state index in [9.17, 15) is 9.59 Å². The third-order valence-electron chi connectivity index (χ3n) is 5.30. The molecule has 156 valence electrons. The molecule has 0 saturated heterocycles. The molecule has 0 bridgehead atoms. The van der Waals surface area contributed by atoms with E-state index in [0.717, 1.165) is 27.8 Å². The largest absolute Gasteiger partial charge is 0.385 e. The fraction of sp³-hybridized carbons (Fsp3) is 0.348. The molecule has 1 N–H and O–H groups in total. The Balaban J connectivity index is 1.61. The molecule has 2 heterocycles. The number of imidazole rings is 1. The number of ether oxygens (including phenoxy) is 1. The molecule has 1 atom stereocenters. The van der Waals surface area contributed by atoms with Gasteiger partial charge in [0, 0.05) is 25.9 Å². The topological polar surface area (TPSA) is 76.5 Å². The van der Waals surface area contributed by atoms with E-state index in [4.69, 9.17) is 4.74 Å². The van der Waals surface area contributed by atoms with Crippen LogP contribution in [0.2, 0.25) is 0 Å². The minimum Gasteiger partial charge on any atom is -0.385 e. The average Bonchev–Trinajstić information content (AvgIpc) is 3.17. The Labute approximate surface area is 175 Å². The maximum Gasteiger partial charge on any atom is 0.253 e. The van der Waals surface area contributed by atoms with Crippen LogP contribution in [0.15, 0.2) is 42.5 Å². The number of para-hydroxylation sites is 2. The summed E-state index contributed by atoms with van der Waals surface area (Å²) in [5.74, 6) is 0.303.